The Labute approximate surface area is 106 Å². The molecule has 1 rings (SSSR count). The quantitative estimate of drug-likeness (QED) is 0.833. The minimum Gasteiger partial charge on any atom is -0.356 e. The van der Waals surface area contributed by atoms with Crippen molar-refractivity contribution in [1.29, 1.82) is 5.26 Å². The van der Waals surface area contributed by atoms with E-state index in [1.807, 2.05) is 24.3 Å². The van der Waals surface area contributed by atoms with E-state index < -0.39 is 0 Å². The molecular weight excluding hydrogens is 236 g/mol. The molecule has 0 unspecified atom stereocenters. The van der Waals surface area contributed by atoms with Crippen molar-refractivity contribution < 1.29 is 4.79 Å². The molecule has 1 amide bonds. The number of nitriles is 1. The van der Waals surface area contributed by atoms with Gasteiger partial charge in [0.05, 0.1) is 10.6 Å². The van der Waals surface area contributed by atoms with Crippen molar-refractivity contribution in [3.63, 3.8) is 0 Å². The Kier molecular flexibility index (Phi) is 5.25. The van der Waals surface area contributed by atoms with E-state index in [9.17, 15) is 4.79 Å². The molecule has 3 nitrogen and oxygen atoms in total. The van der Waals surface area contributed by atoms with Gasteiger partial charge in [-0.25, -0.2) is 0 Å². The molecule has 17 heavy (non-hydrogen) atoms. The van der Waals surface area contributed by atoms with Gasteiger partial charge in [-0.1, -0.05) is 29.8 Å². The first-order valence-electron chi connectivity index (χ1n) is 5.24. The van der Waals surface area contributed by atoms with E-state index in [2.05, 4.69) is 5.32 Å². The van der Waals surface area contributed by atoms with Gasteiger partial charge >= 0.3 is 0 Å². The maximum absolute atomic E-state index is 10.6. The van der Waals surface area contributed by atoms with E-state index in [0.717, 1.165) is 12.0 Å². The molecule has 0 aliphatic heterocycles. The Hall–Kier alpha value is -1.79. The molecule has 4 heteroatoms. The summed E-state index contributed by atoms with van der Waals surface area (Å²) in [4.78, 5) is 10.6. The number of amides is 1. The molecule has 0 spiro atoms. The Morgan fingerprint density at radius 2 is 2.35 bits per heavy atom. The van der Waals surface area contributed by atoms with Crippen LogP contribution in [0.4, 0.5) is 0 Å². The van der Waals surface area contributed by atoms with Crippen molar-refractivity contribution in [2.24, 2.45) is 0 Å². The molecule has 0 saturated carbocycles. The average Bonchev–Trinajstić information content (AvgIpc) is 2.30. The van der Waals surface area contributed by atoms with Gasteiger partial charge in [-0.2, -0.15) is 5.26 Å². The maximum atomic E-state index is 10.6. The summed E-state index contributed by atoms with van der Waals surface area (Å²) < 4.78 is 0. The zero-order valence-electron chi connectivity index (χ0n) is 9.53. The van der Waals surface area contributed by atoms with Gasteiger partial charge in [0.2, 0.25) is 5.91 Å². The van der Waals surface area contributed by atoms with E-state index in [0.29, 0.717) is 17.1 Å². The van der Waals surface area contributed by atoms with Crippen molar-refractivity contribution in [2.75, 3.05) is 6.54 Å². The summed E-state index contributed by atoms with van der Waals surface area (Å²) in [7, 11) is 0. The average molecular weight is 249 g/mol. The van der Waals surface area contributed by atoms with E-state index in [4.69, 9.17) is 16.9 Å². The fraction of sp³-hybridized carbons (Fsp3) is 0.231. The van der Waals surface area contributed by atoms with Crippen LogP contribution in [-0.2, 0) is 4.79 Å². The zero-order valence-corrected chi connectivity index (χ0v) is 10.3. The fourth-order valence-corrected chi connectivity index (χ4v) is 1.44. The molecule has 0 aromatic heterocycles. The normalized spacial score (nSPS) is 10.2. The van der Waals surface area contributed by atoms with Crippen LogP contribution in [0, 0.1) is 11.3 Å². The number of halogens is 1. The van der Waals surface area contributed by atoms with Crippen molar-refractivity contribution in [2.45, 2.75) is 13.3 Å². The van der Waals surface area contributed by atoms with E-state index >= 15 is 0 Å². The molecule has 1 N–H and O–H groups in total. The van der Waals surface area contributed by atoms with Crippen molar-refractivity contribution in [1.82, 2.24) is 5.32 Å². The van der Waals surface area contributed by atoms with Crippen LogP contribution in [0.5, 0.6) is 0 Å². The van der Waals surface area contributed by atoms with Crippen molar-refractivity contribution >= 4 is 23.6 Å². The Morgan fingerprint density at radius 1 is 1.59 bits per heavy atom. The lowest BCUT2D eigenvalue weighted by Gasteiger charge is -1.98. The van der Waals surface area contributed by atoms with Crippen LogP contribution in [0.2, 0.25) is 5.02 Å². The molecule has 0 aliphatic rings. The summed E-state index contributed by atoms with van der Waals surface area (Å²) in [5, 5.41) is 12.0. The van der Waals surface area contributed by atoms with E-state index in [-0.39, 0.29) is 5.91 Å². The second-order valence-electron chi connectivity index (χ2n) is 3.53. The number of nitrogens with zero attached hydrogens (tertiary/aromatic N) is 1. The molecule has 1 aromatic rings. The summed E-state index contributed by atoms with van der Waals surface area (Å²) in [5.74, 6) is -0.0309. The summed E-state index contributed by atoms with van der Waals surface area (Å²) in [6, 6.07) is 7.31. The molecule has 0 atom stereocenters. The first-order chi connectivity index (χ1) is 8.13. The minimum absolute atomic E-state index is 0.0309. The van der Waals surface area contributed by atoms with Crippen LogP contribution in [0.25, 0.3) is 6.08 Å². The maximum Gasteiger partial charge on any atom is 0.216 e. The standard InChI is InChI=1S/C13H13ClN2O/c1-10(17)16-7-3-2-4-11-5-6-13(14)12(8-11)9-15/h2,4-6,8H,3,7H2,1H3,(H,16,17). The monoisotopic (exact) mass is 248 g/mol. The number of nitrogens with one attached hydrogen (secondary N) is 1. The summed E-state index contributed by atoms with van der Waals surface area (Å²) in [5.41, 5.74) is 1.39. The summed E-state index contributed by atoms with van der Waals surface area (Å²) >= 11 is 5.82. The van der Waals surface area contributed by atoms with E-state index in [1.54, 1.807) is 12.1 Å². The molecule has 0 bridgehead atoms. The van der Waals surface area contributed by atoms with Crippen LogP contribution in [0.3, 0.4) is 0 Å². The second kappa shape index (κ2) is 6.72. The lowest BCUT2D eigenvalue weighted by atomic mass is 10.1. The number of rotatable bonds is 4. The zero-order chi connectivity index (χ0) is 12.7. The highest BCUT2D eigenvalue weighted by atomic mass is 35.5. The highest BCUT2D eigenvalue weighted by molar-refractivity contribution is 6.31. The molecule has 0 saturated heterocycles. The number of carbonyl (C=O) groups excluding carboxylic acids is 1. The second-order valence-corrected chi connectivity index (χ2v) is 3.93. The van der Waals surface area contributed by atoms with Gasteiger partial charge in [0.15, 0.2) is 0 Å². The first kappa shape index (κ1) is 13.3. The Balaban J connectivity index is 2.54. The van der Waals surface area contributed by atoms with Crippen LogP contribution in [-0.4, -0.2) is 12.5 Å². The van der Waals surface area contributed by atoms with Gasteiger partial charge in [0.1, 0.15) is 6.07 Å². The number of hydrogen-bond acceptors (Lipinski definition) is 2. The van der Waals surface area contributed by atoms with Crippen molar-refractivity contribution in [3.8, 4) is 6.07 Å². The van der Waals surface area contributed by atoms with Gasteiger partial charge in [-0.3, -0.25) is 4.79 Å². The SMILES string of the molecule is CC(=O)NCCC=Cc1ccc(Cl)c(C#N)c1. The van der Waals surface area contributed by atoms with Crippen LogP contribution in [0.1, 0.15) is 24.5 Å². The molecule has 0 heterocycles. The van der Waals surface area contributed by atoms with Crippen LogP contribution < -0.4 is 5.32 Å². The summed E-state index contributed by atoms with van der Waals surface area (Å²) in [6.45, 7) is 2.10. The highest BCUT2D eigenvalue weighted by Crippen LogP contribution is 2.17. The van der Waals surface area contributed by atoms with Crippen molar-refractivity contribution in [3.05, 3.63) is 40.4 Å². The third-order valence-corrected chi connectivity index (χ3v) is 2.44. The largest absolute Gasteiger partial charge is 0.356 e. The molecule has 0 radical (unpaired) electrons. The lowest BCUT2D eigenvalue weighted by molar-refractivity contribution is -0.118. The molecular formula is C13H13ClN2O. The molecule has 88 valence electrons. The number of benzene rings is 1. The predicted molar refractivity (Wildman–Crippen MR) is 68.5 cm³/mol. The highest BCUT2D eigenvalue weighted by Gasteiger charge is 1.98. The van der Waals surface area contributed by atoms with Gasteiger partial charge in [-0.15, -0.1) is 0 Å². The molecule has 0 aliphatic carbocycles. The first-order valence-corrected chi connectivity index (χ1v) is 5.62. The Bertz CT molecular complexity index is 475. The third-order valence-electron chi connectivity index (χ3n) is 2.11. The van der Waals surface area contributed by atoms with E-state index in [1.165, 1.54) is 6.92 Å². The molecule has 0 fully saturated rings. The van der Waals surface area contributed by atoms with Gasteiger partial charge < -0.3 is 5.32 Å². The Morgan fingerprint density at radius 3 is 3.00 bits per heavy atom. The summed E-state index contributed by atoms with van der Waals surface area (Å²) in [6.07, 6.45) is 4.60. The minimum atomic E-state index is -0.0309. The number of carbonyl (C=O) groups is 1. The van der Waals surface area contributed by atoms with Gasteiger partial charge in [0.25, 0.3) is 0 Å². The predicted octanol–water partition coefficient (Wildman–Crippen LogP) is 2.75. The van der Waals surface area contributed by atoms with Crippen LogP contribution >= 0.6 is 11.6 Å². The third kappa shape index (κ3) is 4.71. The number of hydrogen-bond donors (Lipinski definition) is 1. The molecule has 1 aromatic carbocycles. The van der Waals surface area contributed by atoms with Gasteiger partial charge in [-0.05, 0) is 24.1 Å². The smallest absolute Gasteiger partial charge is 0.216 e. The fourth-order valence-electron chi connectivity index (χ4n) is 1.28. The van der Waals surface area contributed by atoms with Gasteiger partial charge in [0, 0.05) is 13.5 Å². The lowest BCUT2D eigenvalue weighted by Crippen LogP contribution is -2.20. The topological polar surface area (TPSA) is 52.9 Å². The van der Waals surface area contributed by atoms with Crippen LogP contribution in [0.15, 0.2) is 24.3 Å².